The Balaban J connectivity index is 3.94. The molecule has 1 amide bonds. The van der Waals surface area contributed by atoms with Crippen LogP contribution in [0.15, 0.2) is 0 Å². The van der Waals surface area contributed by atoms with Crippen LogP contribution in [0.1, 0.15) is 20.3 Å². The van der Waals surface area contributed by atoms with Gasteiger partial charge in [-0.25, -0.2) is 0 Å². The van der Waals surface area contributed by atoms with E-state index in [2.05, 4.69) is 0 Å². The van der Waals surface area contributed by atoms with E-state index in [1.54, 1.807) is 25.8 Å². The van der Waals surface area contributed by atoms with Gasteiger partial charge in [0.05, 0.1) is 12.1 Å². The van der Waals surface area contributed by atoms with Crippen LogP contribution in [0.5, 0.6) is 0 Å². The van der Waals surface area contributed by atoms with Crippen LogP contribution in [0.25, 0.3) is 0 Å². The predicted octanol–water partition coefficient (Wildman–Crippen LogP) is -0.504. The van der Waals surface area contributed by atoms with Gasteiger partial charge < -0.3 is 15.7 Å². The fourth-order valence-corrected chi connectivity index (χ4v) is 1.52. The molecular weight excluding hydrogens is 206 g/mol. The van der Waals surface area contributed by atoms with Crippen LogP contribution < -0.4 is 5.73 Å². The third-order valence-electron chi connectivity index (χ3n) is 2.19. The Labute approximate surface area is 98.2 Å². The molecule has 5 nitrogen and oxygen atoms in total. The molecule has 0 radical (unpaired) electrons. The quantitative estimate of drug-likeness (QED) is 0.619. The van der Waals surface area contributed by atoms with Gasteiger partial charge in [-0.05, 0) is 33.9 Å². The highest BCUT2D eigenvalue weighted by molar-refractivity contribution is 5.77. The number of hydrogen-bond donors (Lipinski definition) is 2. The zero-order valence-corrected chi connectivity index (χ0v) is 10.9. The normalized spacial score (nSPS) is 11.9. The highest BCUT2D eigenvalue weighted by atomic mass is 16.3. The molecule has 0 spiro atoms. The van der Waals surface area contributed by atoms with E-state index < -0.39 is 5.60 Å². The summed E-state index contributed by atoms with van der Waals surface area (Å²) in [6.07, 6.45) is 0.817. The smallest absolute Gasteiger partial charge is 0.236 e. The molecule has 0 fully saturated rings. The van der Waals surface area contributed by atoms with E-state index in [1.165, 1.54) is 0 Å². The molecule has 0 aliphatic heterocycles. The summed E-state index contributed by atoms with van der Waals surface area (Å²) < 4.78 is 0. The standard InChI is InChI=1S/C11H25N3O2/c1-11(2,16)9-13(3)8-10(15)14(4)7-5-6-12/h16H,5-9,12H2,1-4H3. The average molecular weight is 231 g/mol. The van der Waals surface area contributed by atoms with E-state index in [0.717, 1.165) is 6.42 Å². The first-order valence-electron chi connectivity index (χ1n) is 5.61. The highest BCUT2D eigenvalue weighted by Crippen LogP contribution is 2.03. The summed E-state index contributed by atoms with van der Waals surface area (Å²) in [6.45, 7) is 5.54. The summed E-state index contributed by atoms with van der Waals surface area (Å²) in [4.78, 5) is 15.2. The lowest BCUT2D eigenvalue weighted by Crippen LogP contribution is -2.42. The molecule has 0 rings (SSSR count). The molecule has 0 aromatic heterocycles. The maximum atomic E-state index is 11.7. The highest BCUT2D eigenvalue weighted by Gasteiger charge is 2.18. The molecular formula is C11H25N3O2. The van der Waals surface area contributed by atoms with Gasteiger partial charge in [0, 0.05) is 20.1 Å². The van der Waals surface area contributed by atoms with Crippen LogP contribution in [0, 0.1) is 0 Å². The monoisotopic (exact) mass is 231 g/mol. The third kappa shape index (κ3) is 7.62. The van der Waals surface area contributed by atoms with Gasteiger partial charge in [-0.15, -0.1) is 0 Å². The number of amides is 1. The van der Waals surface area contributed by atoms with Gasteiger partial charge in [0.2, 0.25) is 5.91 Å². The van der Waals surface area contributed by atoms with Crippen LogP contribution in [-0.2, 0) is 4.79 Å². The first-order chi connectivity index (χ1) is 7.26. The lowest BCUT2D eigenvalue weighted by Gasteiger charge is -2.26. The van der Waals surface area contributed by atoms with Crippen LogP contribution in [0.4, 0.5) is 0 Å². The van der Waals surface area contributed by atoms with E-state index in [4.69, 9.17) is 5.73 Å². The maximum absolute atomic E-state index is 11.7. The van der Waals surface area contributed by atoms with Crippen LogP contribution in [-0.4, -0.2) is 66.7 Å². The van der Waals surface area contributed by atoms with E-state index >= 15 is 0 Å². The molecule has 5 heteroatoms. The summed E-state index contributed by atoms with van der Waals surface area (Å²) in [7, 11) is 3.60. The predicted molar refractivity (Wildman–Crippen MR) is 65.1 cm³/mol. The molecule has 0 bridgehead atoms. The van der Waals surface area contributed by atoms with Gasteiger partial charge in [-0.2, -0.15) is 0 Å². The Bertz CT molecular complexity index is 214. The summed E-state index contributed by atoms with van der Waals surface area (Å²) in [5.74, 6) is 0.0557. The second kappa shape index (κ2) is 6.83. The fraction of sp³-hybridized carbons (Fsp3) is 0.909. The van der Waals surface area contributed by atoms with Crippen LogP contribution >= 0.6 is 0 Å². The number of carbonyl (C=O) groups is 1. The molecule has 0 aromatic carbocycles. The lowest BCUT2D eigenvalue weighted by molar-refractivity contribution is -0.131. The summed E-state index contributed by atoms with van der Waals surface area (Å²) in [5, 5.41) is 9.60. The maximum Gasteiger partial charge on any atom is 0.236 e. The average Bonchev–Trinajstić information content (AvgIpc) is 2.10. The van der Waals surface area contributed by atoms with E-state index in [9.17, 15) is 9.90 Å². The molecule has 0 aliphatic carbocycles. The summed E-state index contributed by atoms with van der Waals surface area (Å²) in [5.41, 5.74) is 4.61. The van der Waals surface area contributed by atoms with Crippen molar-refractivity contribution < 1.29 is 9.90 Å². The number of nitrogens with two attached hydrogens (primary N) is 1. The van der Waals surface area contributed by atoms with E-state index in [0.29, 0.717) is 26.2 Å². The zero-order chi connectivity index (χ0) is 12.8. The topological polar surface area (TPSA) is 69.8 Å². The fourth-order valence-electron chi connectivity index (χ4n) is 1.52. The Morgan fingerprint density at radius 1 is 1.38 bits per heavy atom. The third-order valence-corrected chi connectivity index (χ3v) is 2.19. The number of likely N-dealkylation sites (N-methyl/N-ethyl adjacent to an activating group) is 2. The lowest BCUT2D eigenvalue weighted by atomic mass is 10.1. The van der Waals surface area contributed by atoms with E-state index in [-0.39, 0.29) is 5.91 Å². The minimum Gasteiger partial charge on any atom is -0.389 e. The van der Waals surface area contributed by atoms with Crippen molar-refractivity contribution in [2.45, 2.75) is 25.9 Å². The number of aliphatic hydroxyl groups is 1. The molecule has 0 aromatic rings. The molecule has 0 heterocycles. The minimum absolute atomic E-state index is 0.0557. The Morgan fingerprint density at radius 3 is 2.38 bits per heavy atom. The summed E-state index contributed by atoms with van der Waals surface area (Å²) in [6, 6.07) is 0. The second-order valence-electron chi connectivity index (χ2n) is 4.94. The molecule has 3 N–H and O–H groups in total. The molecule has 0 saturated heterocycles. The minimum atomic E-state index is -0.773. The Kier molecular flexibility index (Phi) is 6.55. The van der Waals surface area contributed by atoms with Gasteiger partial charge in [-0.3, -0.25) is 9.69 Å². The number of rotatable bonds is 7. The SMILES string of the molecule is CN(CC(=O)N(C)CCCN)CC(C)(C)O. The van der Waals surface area contributed by atoms with Crippen molar-refractivity contribution in [2.24, 2.45) is 5.73 Å². The molecule has 0 atom stereocenters. The van der Waals surface area contributed by atoms with E-state index in [1.807, 2.05) is 11.9 Å². The van der Waals surface area contributed by atoms with Crippen molar-refractivity contribution in [1.82, 2.24) is 9.80 Å². The van der Waals surface area contributed by atoms with Crippen molar-refractivity contribution in [3.05, 3.63) is 0 Å². The zero-order valence-electron chi connectivity index (χ0n) is 10.9. The number of carbonyl (C=O) groups excluding carboxylic acids is 1. The second-order valence-corrected chi connectivity index (χ2v) is 4.94. The van der Waals surface area contributed by atoms with Gasteiger partial charge in [0.15, 0.2) is 0 Å². The van der Waals surface area contributed by atoms with Crippen molar-refractivity contribution in [3.8, 4) is 0 Å². The Morgan fingerprint density at radius 2 is 1.94 bits per heavy atom. The molecule has 0 unspecified atom stereocenters. The van der Waals surface area contributed by atoms with Crippen LogP contribution in [0.2, 0.25) is 0 Å². The Hall–Kier alpha value is -0.650. The van der Waals surface area contributed by atoms with Gasteiger partial charge in [-0.1, -0.05) is 0 Å². The number of nitrogens with zero attached hydrogens (tertiary/aromatic N) is 2. The van der Waals surface area contributed by atoms with Crippen molar-refractivity contribution in [1.29, 1.82) is 0 Å². The van der Waals surface area contributed by atoms with Gasteiger partial charge in [0.25, 0.3) is 0 Å². The van der Waals surface area contributed by atoms with Gasteiger partial charge in [0.1, 0.15) is 0 Å². The van der Waals surface area contributed by atoms with Gasteiger partial charge >= 0.3 is 0 Å². The first kappa shape index (κ1) is 15.3. The number of hydrogen-bond acceptors (Lipinski definition) is 4. The molecule has 16 heavy (non-hydrogen) atoms. The molecule has 0 aliphatic rings. The molecule has 96 valence electrons. The van der Waals surface area contributed by atoms with Crippen molar-refractivity contribution in [2.75, 3.05) is 40.3 Å². The largest absolute Gasteiger partial charge is 0.389 e. The van der Waals surface area contributed by atoms with Crippen molar-refractivity contribution in [3.63, 3.8) is 0 Å². The molecule has 0 saturated carbocycles. The van der Waals surface area contributed by atoms with Crippen molar-refractivity contribution >= 4 is 5.91 Å². The summed E-state index contributed by atoms with van der Waals surface area (Å²) >= 11 is 0. The van der Waals surface area contributed by atoms with Crippen LogP contribution in [0.3, 0.4) is 0 Å². The first-order valence-corrected chi connectivity index (χ1v) is 5.61.